The average molecular weight is 336 g/mol. The minimum absolute atomic E-state index is 0.111. The van der Waals surface area contributed by atoms with E-state index in [9.17, 15) is 0 Å². The summed E-state index contributed by atoms with van der Waals surface area (Å²) in [6, 6.07) is 4.25. The highest BCUT2D eigenvalue weighted by atomic mass is 16.5. The van der Waals surface area contributed by atoms with Gasteiger partial charge in [0, 0.05) is 38.8 Å². The Balaban J connectivity index is 2.00. The first-order valence-corrected chi connectivity index (χ1v) is 9.95. The largest absolute Gasteiger partial charge is 0.377 e. The van der Waals surface area contributed by atoms with Gasteiger partial charge in [-0.2, -0.15) is 4.57 Å². The van der Waals surface area contributed by atoms with Crippen LogP contribution in [0.1, 0.15) is 84.3 Å². The molecule has 0 radical (unpaired) electrons. The molecule has 1 heterocycles. The summed E-state index contributed by atoms with van der Waals surface area (Å²) in [5.74, 6) is 0. The Morgan fingerprint density at radius 1 is 0.875 bits per heavy atom. The van der Waals surface area contributed by atoms with Crippen molar-refractivity contribution in [3.63, 3.8) is 0 Å². The third kappa shape index (κ3) is 9.27. The minimum Gasteiger partial charge on any atom is -0.377 e. The third-order valence-electron chi connectivity index (χ3n) is 4.63. The van der Waals surface area contributed by atoms with Crippen LogP contribution in [-0.2, 0) is 4.74 Å². The summed E-state index contributed by atoms with van der Waals surface area (Å²) in [6.45, 7) is 5.26. The zero-order valence-corrected chi connectivity index (χ0v) is 16.5. The number of hydrogen-bond acceptors (Lipinski definition) is 2. The van der Waals surface area contributed by atoms with E-state index in [0.29, 0.717) is 0 Å². The molecule has 0 amide bonds. The van der Waals surface area contributed by atoms with Gasteiger partial charge in [0.25, 0.3) is 6.23 Å². The summed E-state index contributed by atoms with van der Waals surface area (Å²) >= 11 is 0. The predicted octanol–water partition coefficient (Wildman–Crippen LogP) is 5.50. The van der Waals surface area contributed by atoms with Crippen molar-refractivity contribution in [2.45, 2.75) is 84.3 Å². The maximum Gasteiger partial charge on any atom is 0.259 e. The van der Waals surface area contributed by atoms with E-state index < -0.39 is 0 Å². The van der Waals surface area contributed by atoms with Crippen LogP contribution < -0.4 is 9.47 Å². The van der Waals surface area contributed by atoms with Crippen LogP contribution in [0.3, 0.4) is 0 Å². The Hall–Kier alpha value is -1.09. The molecule has 0 aliphatic rings. The molecule has 0 fully saturated rings. The first kappa shape index (κ1) is 21.0. The van der Waals surface area contributed by atoms with E-state index in [0.717, 1.165) is 6.61 Å². The van der Waals surface area contributed by atoms with Crippen molar-refractivity contribution in [1.82, 2.24) is 0 Å². The molecule has 1 aromatic rings. The second kappa shape index (κ2) is 13.2. The highest BCUT2D eigenvalue weighted by molar-refractivity contribution is 5.41. The molecule has 1 atom stereocenters. The van der Waals surface area contributed by atoms with Gasteiger partial charge in [-0.25, -0.2) is 0 Å². The molecule has 0 bridgehead atoms. The normalized spacial score (nSPS) is 12.3. The van der Waals surface area contributed by atoms with Crippen molar-refractivity contribution < 1.29 is 9.30 Å². The number of rotatable bonds is 14. The van der Waals surface area contributed by atoms with Gasteiger partial charge >= 0.3 is 0 Å². The Bertz CT molecular complexity index is 403. The van der Waals surface area contributed by atoms with Gasteiger partial charge in [0.15, 0.2) is 12.4 Å². The van der Waals surface area contributed by atoms with Crippen LogP contribution in [0.25, 0.3) is 0 Å². The lowest BCUT2D eigenvalue weighted by Crippen LogP contribution is -2.38. The molecule has 0 saturated heterocycles. The molecular formula is C21H39N2O+. The first-order chi connectivity index (χ1) is 11.6. The van der Waals surface area contributed by atoms with Crippen molar-refractivity contribution in [2.75, 3.05) is 25.6 Å². The fourth-order valence-electron chi connectivity index (χ4n) is 2.90. The smallest absolute Gasteiger partial charge is 0.259 e. The maximum absolute atomic E-state index is 5.95. The number of nitrogens with zero attached hydrogens (tertiary/aromatic N) is 2. The number of unbranched alkanes of at least 4 members (excludes halogenated alkanes) is 9. The van der Waals surface area contributed by atoms with Crippen molar-refractivity contribution >= 4 is 5.69 Å². The summed E-state index contributed by atoms with van der Waals surface area (Å²) in [4.78, 5) is 2.11. The van der Waals surface area contributed by atoms with E-state index in [1.807, 2.05) is 0 Å². The fraction of sp³-hybridized carbons (Fsp3) is 0.762. The first-order valence-electron chi connectivity index (χ1n) is 9.95. The maximum atomic E-state index is 5.95. The summed E-state index contributed by atoms with van der Waals surface area (Å²) < 4.78 is 8.08. The molecule has 0 spiro atoms. The lowest BCUT2D eigenvalue weighted by molar-refractivity contribution is -0.758. The standard InChI is InChI=1S/C21H39N2O/c1-5-6-7-8-9-10-11-12-13-14-19-24-20(2)23-17-15-21(16-18-23)22(3)4/h15-18,20H,5-14,19H2,1-4H3/q+1. The van der Waals surface area contributed by atoms with Gasteiger partial charge in [-0.1, -0.05) is 64.7 Å². The van der Waals surface area contributed by atoms with E-state index in [4.69, 9.17) is 4.74 Å². The van der Waals surface area contributed by atoms with Crippen molar-refractivity contribution in [1.29, 1.82) is 0 Å². The zero-order chi connectivity index (χ0) is 17.6. The number of aromatic nitrogens is 1. The lowest BCUT2D eigenvalue weighted by atomic mass is 10.1. The van der Waals surface area contributed by atoms with Crippen LogP contribution in [-0.4, -0.2) is 20.7 Å². The summed E-state index contributed by atoms with van der Waals surface area (Å²) in [7, 11) is 4.12. The van der Waals surface area contributed by atoms with E-state index in [-0.39, 0.29) is 6.23 Å². The van der Waals surface area contributed by atoms with Gasteiger partial charge in [-0.3, -0.25) is 0 Å². The third-order valence-corrected chi connectivity index (χ3v) is 4.63. The topological polar surface area (TPSA) is 16.4 Å². The molecule has 3 nitrogen and oxygen atoms in total. The molecule has 1 aromatic heterocycles. The molecule has 3 heteroatoms. The molecule has 0 aromatic carbocycles. The Labute approximate surface area is 150 Å². The molecule has 0 aliphatic carbocycles. The van der Waals surface area contributed by atoms with Gasteiger partial charge < -0.3 is 9.64 Å². The summed E-state index contributed by atoms with van der Waals surface area (Å²) in [5, 5.41) is 0. The van der Waals surface area contributed by atoms with Crippen LogP contribution >= 0.6 is 0 Å². The van der Waals surface area contributed by atoms with Crippen LogP contribution in [0.15, 0.2) is 24.5 Å². The number of anilines is 1. The van der Waals surface area contributed by atoms with E-state index in [1.54, 1.807) is 0 Å². The Morgan fingerprint density at radius 2 is 1.38 bits per heavy atom. The zero-order valence-electron chi connectivity index (χ0n) is 16.5. The SMILES string of the molecule is CCCCCCCCCCCCOC(C)[n+]1ccc(N(C)C)cc1. The van der Waals surface area contributed by atoms with Crippen LogP contribution in [0.5, 0.6) is 0 Å². The molecule has 0 saturated carbocycles. The van der Waals surface area contributed by atoms with Crippen molar-refractivity contribution in [3.8, 4) is 0 Å². The average Bonchev–Trinajstić information content (AvgIpc) is 2.59. The van der Waals surface area contributed by atoms with Crippen LogP contribution in [0.2, 0.25) is 0 Å². The highest BCUT2D eigenvalue weighted by Crippen LogP contribution is 2.11. The molecule has 24 heavy (non-hydrogen) atoms. The number of hydrogen-bond donors (Lipinski definition) is 0. The van der Waals surface area contributed by atoms with Gasteiger partial charge in [0.1, 0.15) is 0 Å². The Kier molecular flexibility index (Phi) is 11.5. The monoisotopic (exact) mass is 335 g/mol. The molecule has 0 aliphatic heterocycles. The van der Waals surface area contributed by atoms with Crippen molar-refractivity contribution in [3.05, 3.63) is 24.5 Å². The molecular weight excluding hydrogens is 296 g/mol. The lowest BCUT2D eigenvalue weighted by Gasteiger charge is -2.12. The van der Waals surface area contributed by atoms with Gasteiger partial charge in [0.05, 0.1) is 6.61 Å². The highest BCUT2D eigenvalue weighted by Gasteiger charge is 2.12. The van der Waals surface area contributed by atoms with Gasteiger partial charge in [-0.15, -0.1) is 0 Å². The number of pyridine rings is 1. The van der Waals surface area contributed by atoms with E-state index in [2.05, 4.69) is 61.9 Å². The van der Waals surface area contributed by atoms with Crippen molar-refractivity contribution in [2.24, 2.45) is 0 Å². The van der Waals surface area contributed by atoms with E-state index >= 15 is 0 Å². The summed E-state index contributed by atoms with van der Waals surface area (Å²) in [6.07, 6.45) is 18.0. The van der Waals surface area contributed by atoms with Crippen LogP contribution in [0.4, 0.5) is 5.69 Å². The molecule has 138 valence electrons. The molecule has 1 unspecified atom stereocenters. The number of ether oxygens (including phenoxy) is 1. The second-order valence-electron chi connectivity index (χ2n) is 7.05. The molecule has 1 rings (SSSR count). The molecule has 0 N–H and O–H groups in total. The quantitative estimate of drug-likeness (QED) is 0.330. The Morgan fingerprint density at radius 3 is 1.88 bits per heavy atom. The van der Waals surface area contributed by atoms with Gasteiger partial charge in [0.2, 0.25) is 0 Å². The predicted molar refractivity (Wildman–Crippen MR) is 103 cm³/mol. The van der Waals surface area contributed by atoms with Gasteiger partial charge in [-0.05, 0) is 6.42 Å². The fourth-order valence-corrected chi connectivity index (χ4v) is 2.90. The van der Waals surface area contributed by atoms with E-state index in [1.165, 1.54) is 69.9 Å². The minimum atomic E-state index is 0.111. The summed E-state index contributed by atoms with van der Waals surface area (Å²) in [5.41, 5.74) is 1.22. The second-order valence-corrected chi connectivity index (χ2v) is 7.05. The van der Waals surface area contributed by atoms with Crippen LogP contribution in [0, 0.1) is 0 Å².